The van der Waals surface area contributed by atoms with Crippen molar-refractivity contribution in [3.8, 4) is 0 Å². The number of benzene rings is 1. The molecule has 0 aromatic heterocycles. The molecule has 0 spiro atoms. The molecule has 1 saturated heterocycles. The van der Waals surface area contributed by atoms with Gasteiger partial charge in [-0.15, -0.1) is 0 Å². The number of hydrogen-bond donors (Lipinski definition) is 2. The van der Waals surface area contributed by atoms with Gasteiger partial charge in [0.05, 0.1) is 5.41 Å². The number of carbonyl (C=O) groups excluding carboxylic acids is 2. The number of hydrogen-bond acceptors (Lipinski definition) is 3. The molecule has 1 atom stereocenters. The largest absolute Gasteiger partial charge is 0.342 e. The second kappa shape index (κ2) is 6.26. The van der Waals surface area contributed by atoms with Crippen molar-refractivity contribution in [2.24, 2.45) is 5.41 Å². The summed E-state index contributed by atoms with van der Waals surface area (Å²) in [6.45, 7) is 5.58. The van der Waals surface area contributed by atoms with Crippen LogP contribution in [0.4, 0.5) is 5.69 Å². The number of para-hydroxylation sites is 1. The van der Waals surface area contributed by atoms with Gasteiger partial charge < -0.3 is 15.5 Å². The third-order valence-electron chi connectivity index (χ3n) is 4.13. The molecule has 114 valence electrons. The Kier molecular flexibility index (Phi) is 4.63. The van der Waals surface area contributed by atoms with Crippen LogP contribution in [-0.2, 0) is 16.1 Å². The highest BCUT2D eigenvalue weighted by atomic mass is 16.2. The van der Waals surface area contributed by atoms with Gasteiger partial charge in [-0.2, -0.15) is 0 Å². The summed E-state index contributed by atoms with van der Waals surface area (Å²) in [7, 11) is 1.75. The van der Waals surface area contributed by atoms with Gasteiger partial charge in [-0.25, -0.2) is 0 Å². The third kappa shape index (κ3) is 3.61. The molecule has 21 heavy (non-hydrogen) atoms. The van der Waals surface area contributed by atoms with Gasteiger partial charge in [0.1, 0.15) is 0 Å². The number of anilines is 1. The fourth-order valence-corrected chi connectivity index (χ4v) is 2.43. The highest BCUT2D eigenvalue weighted by Crippen LogP contribution is 2.27. The maximum atomic E-state index is 12.5. The zero-order valence-corrected chi connectivity index (χ0v) is 12.9. The second-order valence-corrected chi connectivity index (χ2v) is 5.97. The smallest absolute Gasteiger partial charge is 0.231 e. The van der Waals surface area contributed by atoms with E-state index < -0.39 is 0 Å². The Labute approximate surface area is 125 Å². The Bertz CT molecular complexity index is 536. The summed E-state index contributed by atoms with van der Waals surface area (Å²) in [4.78, 5) is 25.5. The van der Waals surface area contributed by atoms with Gasteiger partial charge in [-0.3, -0.25) is 9.59 Å². The monoisotopic (exact) mass is 289 g/mol. The number of amides is 2. The van der Waals surface area contributed by atoms with E-state index in [1.807, 2.05) is 31.2 Å². The minimum absolute atomic E-state index is 0.00286. The van der Waals surface area contributed by atoms with E-state index in [0.29, 0.717) is 13.1 Å². The molecule has 1 aromatic carbocycles. The van der Waals surface area contributed by atoms with Crippen molar-refractivity contribution in [1.29, 1.82) is 0 Å². The standard InChI is InChI=1S/C16H23N3O2/c1-12(20)19(3)10-13-6-4-5-7-14(13)18-15(21)16(2)8-9-17-11-16/h4-7,17H,8-11H2,1-3H3,(H,18,21). The van der Waals surface area contributed by atoms with Crippen molar-refractivity contribution in [3.63, 3.8) is 0 Å². The molecule has 2 N–H and O–H groups in total. The van der Waals surface area contributed by atoms with Crippen LogP contribution in [0.15, 0.2) is 24.3 Å². The molecule has 1 aromatic rings. The minimum Gasteiger partial charge on any atom is -0.342 e. The van der Waals surface area contributed by atoms with Crippen molar-refractivity contribution in [1.82, 2.24) is 10.2 Å². The highest BCUT2D eigenvalue weighted by Gasteiger charge is 2.36. The van der Waals surface area contributed by atoms with Crippen LogP contribution in [0, 0.1) is 5.41 Å². The average molecular weight is 289 g/mol. The molecule has 0 aliphatic carbocycles. The van der Waals surface area contributed by atoms with E-state index in [1.165, 1.54) is 6.92 Å². The first-order chi connectivity index (χ1) is 9.92. The van der Waals surface area contributed by atoms with Gasteiger partial charge in [-0.05, 0) is 31.5 Å². The predicted molar refractivity (Wildman–Crippen MR) is 82.8 cm³/mol. The molecule has 1 aliphatic heterocycles. The van der Waals surface area contributed by atoms with Crippen LogP contribution in [-0.4, -0.2) is 36.9 Å². The Hall–Kier alpha value is -1.88. The fraction of sp³-hybridized carbons (Fsp3) is 0.500. The summed E-state index contributed by atoms with van der Waals surface area (Å²) in [5.41, 5.74) is 1.36. The maximum Gasteiger partial charge on any atom is 0.231 e. The summed E-state index contributed by atoms with van der Waals surface area (Å²) in [6.07, 6.45) is 0.842. The molecule has 1 heterocycles. The summed E-state index contributed by atoms with van der Waals surface area (Å²) in [6, 6.07) is 7.62. The highest BCUT2D eigenvalue weighted by molar-refractivity contribution is 5.96. The summed E-state index contributed by atoms with van der Waals surface area (Å²) in [5.74, 6) is 0.0357. The Morgan fingerprint density at radius 1 is 1.38 bits per heavy atom. The van der Waals surface area contributed by atoms with Gasteiger partial charge in [0.15, 0.2) is 0 Å². The van der Waals surface area contributed by atoms with Crippen molar-refractivity contribution in [3.05, 3.63) is 29.8 Å². The molecule has 2 rings (SSSR count). The first-order valence-electron chi connectivity index (χ1n) is 7.24. The van der Waals surface area contributed by atoms with Crippen molar-refractivity contribution in [2.45, 2.75) is 26.8 Å². The lowest BCUT2D eigenvalue weighted by atomic mass is 9.88. The fourth-order valence-electron chi connectivity index (χ4n) is 2.43. The van der Waals surface area contributed by atoms with E-state index in [2.05, 4.69) is 10.6 Å². The van der Waals surface area contributed by atoms with E-state index in [9.17, 15) is 9.59 Å². The molecule has 0 bridgehead atoms. The molecule has 1 aliphatic rings. The Balaban J connectivity index is 2.13. The van der Waals surface area contributed by atoms with Gasteiger partial charge in [0.2, 0.25) is 11.8 Å². The number of nitrogens with one attached hydrogen (secondary N) is 2. The first-order valence-corrected chi connectivity index (χ1v) is 7.24. The van der Waals surface area contributed by atoms with Crippen molar-refractivity contribution >= 4 is 17.5 Å². The molecule has 5 nitrogen and oxygen atoms in total. The van der Waals surface area contributed by atoms with E-state index in [-0.39, 0.29) is 17.2 Å². The lowest BCUT2D eigenvalue weighted by Crippen LogP contribution is -2.35. The van der Waals surface area contributed by atoms with Crippen LogP contribution >= 0.6 is 0 Å². The summed E-state index contributed by atoms with van der Waals surface area (Å²) < 4.78 is 0. The quantitative estimate of drug-likeness (QED) is 0.885. The number of rotatable bonds is 4. The zero-order chi connectivity index (χ0) is 15.5. The van der Waals surface area contributed by atoms with E-state index in [0.717, 1.165) is 24.2 Å². The average Bonchev–Trinajstić information content (AvgIpc) is 2.89. The summed E-state index contributed by atoms with van der Waals surface area (Å²) >= 11 is 0. The lowest BCUT2D eigenvalue weighted by Gasteiger charge is -2.23. The summed E-state index contributed by atoms with van der Waals surface area (Å²) in [5, 5.41) is 6.25. The normalized spacial score (nSPS) is 21.1. The van der Waals surface area contributed by atoms with Crippen LogP contribution in [0.3, 0.4) is 0 Å². The second-order valence-electron chi connectivity index (χ2n) is 5.97. The number of carbonyl (C=O) groups is 2. The van der Waals surface area contributed by atoms with Gasteiger partial charge >= 0.3 is 0 Å². The first kappa shape index (κ1) is 15.5. The molecule has 2 amide bonds. The van der Waals surface area contributed by atoms with Crippen LogP contribution < -0.4 is 10.6 Å². The topological polar surface area (TPSA) is 61.4 Å². The SMILES string of the molecule is CC(=O)N(C)Cc1ccccc1NC(=O)C1(C)CCNC1. The van der Waals surface area contributed by atoms with Crippen LogP contribution in [0.1, 0.15) is 25.8 Å². The molecular weight excluding hydrogens is 266 g/mol. The number of nitrogens with zero attached hydrogens (tertiary/aromatic N) is 1. The van der Waals surface area contributed by atoms with Crippen LogP contribution in [0.5, 0.6) is 0 Å². The third-order valence-corrected chi connectivity index (χ3v) is 4.13. The molecule has 0 saturated carbocycles. The predicted octanol–water partition coefficient (Wildman–Crippen LogP) is 1.60. The van der Waals surface area contributed by atoms with E-state index >= 15 is 0 Å². The van der Waals surface area contributed by atoms with Crippen LogP contribution in [0.25, 0.3) is 0 Å². The van der Waals surface area contributed by atoms with Crippen molar-refractivity contribution in [2.75, 3.05) is 25.5 Å². The molecule has 1 fully saturated rings. The van der Waals surface area contributed by atoms with Crippen LogP contribution in [0.2, 0.25) is 0 Å². The Morgan fingerprint density at radius 2 is 2.10 bits per heavy atom. The molecular formula is C16H23N3O2. The lowest BCUT2D eigenvalue weighted by molar-refractivity contribution is -0.128. The maximum absolute atomic E-state index is 12.5. The van der Waals surface area contributed by atoms with Crippen molar-refractivity contribution < 1.29 is 9.59 Å². The van der Waals surface area contributed by atoms with Gasteiger partial charge in [0.25, 0.3) is 0 Å². The van der Waals surface area contributed by atoms with Gasteiger partial charge in [-0.1, -0.05) is 18.2 Å². The molecule has 1 unspecified atom stereocenters. The Morgan fingerprint density at radius 3 is 2.71 bits per heavy atom. The van der Waals surface area contributed by atoms with E-state index in [1.54, 1.807) is 11.9 Å². The minimum atomic E-state index is -0.362. The van der Waals surface area contributed by atoms with E-state index in [4.69, 9.17) is 0 Å². The molecule has 5 heteroatoms. The van der Waals surface area contributed by atoms with Gasteiger partial charge in [0, 0.05) is 32.7 Å². The zero-order valence-electron chi connectivity index (χ0n) is 12.9. The molecule has 0 radical (unpaired) electrons.